The highest BCUT2D eigenvalue weighted by Gasteiger charge is 2.12. The highest BCUT2D eigenvalue weighted by atomic mass is 16.6. The highest BCUT2D eigenvalue weighted by Crippen LogP contribution is 2.25. The lowest BCUT2D eigenvalue weighted by Crippen LogP contribution is -2.31. The van der Waals surface area contributed by atoms with Crippen LogP contribution in [0.4, 0.5) is 0 Å². The Bertz CT molecular complexity index is 361. The maximum atomic E-state index is 11.7. The standard InChI is InChI=1S/C13H19NO3/c1-4-14(5-2)10-13(15)17-12-9-7-6-8-11(12)16-3/h6-9H,4-5,10H2,1-3H3. The van der Waals surface area contributed by atoms with Gasteiger partial charge in [-0.25, -0.2) is 0 Å². The van der Waals surface area contributed by atoms with Gasteiger partial charge in [-0.2, -0.15) is 0 Å². The summed E-state index contributed by atoms with van der Waals surface area (Å²) in [6, 6.07) is 7.13. The van der Waals surface area contributed by atoms with Crippen molar-refractivity contribution in [3.63, 3.8) is 0 Å². The summed E-state index contributed by atoms with van der Waals surface area (Å²) in [6.45, 7) is 5.99. The zero-order chi connectivity index (χ0) is 12.7. The molecule has 4 heteroatoms. The summed E-state index contributed by atoms with van der Waals surface area (Å²) in [7, 11) is 1.55. The van der Waals surface area contributed by atoms with Crippen molar-refractivity contribution in [2.24, 2.45) is 0 Å². The predicted octanol–water partition coefficient (Wildman–Crippen LogP) is 1.94. The van der Waals surface area contributed by atoms with Crippen LogP contribution in [0.2, 0.25) is 0 Å². The molecule has 1 aromatic carbocycles. The van der Waals surface area contributed by atoms with E-state index >= 15 is 0 Å². The van der Waals surface area contributed by atoms with Crippen molar-refractivity contribution >= 4 is 5.97 Å². The van der Waals surface area contributed by atoms with Gasteiger partial charge in [-0.15, -0.1) is 0 Å². The number of carbonyl (C=O) groups is 1. The Morgan fingerprint density at radius 2 is 1.76 bits per heavy atom. The summed E-state index contributed by atoms with van der Waals surface area (Å²) in [6.07, 6.45) is 0. The van der Waals surface area contributed by atoms with E-state index in [0.717, 1.165) is 13.1 Å². The van der Waals surface area contributed by atoms with Crippen LogP contribution < -0.4 is 9.47 Å². The average Bonchev–Trinajstić information content (AvgIpc) is 2.36. The second kappa shape index (κ2) is 6.91. The summed E-state index contributed by atoms with van der Waals surface area (Å²) in [5.74, 6) is 0.769. The smallest absolute Gasteiger partial charge is 0.325 e. The Hall–Kier alpha value is -1.55. The van der Waals surface area contributed by atoms with Crippen LogP contribution in [0.1, 0.15) is 13.8 Å². The van der Waals surface area contributed by atoms with Crippen LogP contribution in [0.5, 0.6) is 11.5 Å². The van der Waals surface area contributed by atoms with Gasteiger partial charge < -0.3 is 9.47 Å². The molecular weight excluding hydrogens is 218 g/mol. The summed E-state index contributed by atoms with van der Waals surface area (Å²) >= 11 is 0. The Morgan fingerprint density at radius 1 is 1.18 bits per heavy atom. The van der Waals surface area contributed by atoms with E-state index in [4.69, 9.17) is 9.47 Å². The largest absolute Gasteiger partial charge is 0.493 e. The number of esters is 1. The molecule has 0 aromatic heterocycles. The first-order valence-corrected chi connectivity index (χ1v) is 5.77. The van der Waals surface area contributed by atoms with Gasteiger partial charge in [-0.1, -0.05) is 26.0 Å². The lowest BCUT2D eigenvalue weighted by molar-refractivity contribution is -0.135. The van der Waals surface area contributed by atoms with Crippen molar-refractivity contribution < 1.29 is 14.3 Å². The summed E-state index contributed by atoms with van der Waals surface area (Å²) < 4.78 is 10.4. The Balaban J connectivity index is 2.61. The number of ether oxygens (including phenoxy) is 2. The number of benzene rings is 1. The molecule has 1 rings (SSSR count). The molecule has 0 N–H and O–H groups in total. The van der Waals surface area contributed by atoms with Crippen molar-refractivity contribution in [3.8, 4) is 11.5 Å². The first-order chi connectivity index (χ1) is 8.21. The van der Waals surface area contributed by atoms with Crippen molar-refractivity contribution in [1.82, 2.24) is 4.90 Å². The molecule has 0 saturated heterocycles. The molecule has 0 aliphatic carbocycles. The molecule has 0 amide bonds. The normalized spacial score (nSPS) is 10.4. The lowest BCUT2D eigenvalue weighted by Gasteiger charge is -2.17. The number of likely N-dealkylation sites (N-methyl/N-ethyl adjacent to an activating group) is 1. The molecule has 94 valence electrons. The van der Waals surface area contributed by atoms with E-state index in [0.29, 0.717) is 18.0 Å². The van der Waals surface area contributed by atoms with E-state index in [1.807, 2.05) is 30.9 Å². The van der Waals surface area contributed by atoms with E-state index in [-0.39, 0.29) is 5.97 Å². The maximum absolute atomic E-state index is 11.7. The van der Waals surface area contributed by atoms with Gasteiger partial charge >= 0.3 is 5.97 Å². The molecule has 0 radical (unpaired) electrons. The van der Waals surface area contributed by atoms with E-state index in [1.165, 1.54) is 0 Å². The Kier molecular flexibility index (Phi) is 5.49. The molecule has 0 spiro atoms. The molecule has 0 atom stereocenters. The summed E-state index contributed by atoms with van der Waals surface area (Å²) in [5, 5.41) is 0. The maximum Gasteiger partial charge on any atom is 0.325 e. The van der Waals surface area contributed by atoms with Gasteiger partial charge in [0.1, 0.15) is 0 Å². The number of nitrogens with zero attached hydrogens (tertiary/aromatic N) is 1. The fraction of sp³-hybridized carbons (Fsp3) is 0.462. The van der Waals surface area contributed by atoms with Gasteiger partial charge in [0.25, 0.3) is 0 Å². The van der Waals surface area contributed by atoms with E-state index in [2.05, 4.69) is 0 Å². The van der Waals surface area contributed by atoms with Crippen LogP contribution >= 0.6 is 0 Å². The van der Waals surface area contributed by atoms with Crippen LogP contribution in [0.25, 0.3) is 0 Å². The van der Waals surface area contributed by atoms with Gasteiger partial charge in [-0.05, 0) is 25.2 Å². The van der Waals surface area contributed by atoms with Crippen molar-refractivity contribution in [2.45, 2.75) is 13.8 Å². The number of methoxy groups -OCH3 is 1. The molecule has 0 saturated carbocycles. The van der Waals surface area contributed by atoms with Crippen LogP contribution in [0.3, 0.4) is 0 Å². The lowest BCUT2D eigenvalue weighted by atomic mass is 10.3. The van der Waals surface area contributed by atoms with Gasteiger partial charge in [0.05, 0.1) is 13.7 Å². The van der Waals surface area contributed by atoms with E-state index < -0.39 is 0 Å². The fourth-order valence-corrected chi connectivity index (χ4v) is 1.49. The second-order valence-electron chi connectivity index (χ2n) is 3.59. The van der Waals surface area contributed by atoms with Crippen molar-refractivity contribution in [2.75, 3.05) is 26.7 Å². The molecule has 0 aliphatic heterocycles. The molecule has 0 bridgehead atoms. The third kappa shape index (κ3) is 4.07. The zero-order valence-corrected chi connectivity index (χ0v) is 10.6. The topological polar surface area (TPSA) is 38.8 Å². The Morgan fingerprint density at radius 3 is 2.29 bits per heavy atom. The minimum atomic E-state index is -0.266. The van der Waals surface area contributed by atoms with E-state index in [9.17, 15) is 4.79 Å². The molecule has 0 heterocycles. The molecule has 0 aliphatic rings. The molecule has 0 unspecified atom stereocenters. The quantitative estimate of drug-likeness (QED) is 0.560. The van der Waals surface area contributed by atoms with Gasteiger partial charge in [0.2, 0.25) is 0 Å². The molecule has 17 heavy (non-hydrogen) atoms. The predicted molar refractivity (Wildman–Crippen MR) is 66.4 cm³/mol. The minimum Gasteiger partial charge on any atom is -0.493 e. The number of hydrogen-bond acceptors (Lipinski definition) is 4. The monoisotopic (exact) mass is 237 g/mol. The first-order valence-electron chi connectivity index (χ1n) is 5.77. The summed E-state index contributed by atoms with van der Waals surface area (Å²) in [4.78, 5) is 13.7. The van der Waals surface area contributed by atoms with Crippen LogP contribution in [-0.2, 0) is 4.79 Å². The third-order valence-corrected chi connectivity index (χ3v) is 2.54. The van der Waals surface area contributed by atoms with E-state index in [1.54, 1.807) is 19.2 Å². The van der Waals surface area contributed by atoms with Crippen LogP contribution in [0, 0.1) is 0 Å². The summed E-state index contributed by atoms with van der Waals surface area (Å²) in [5.41, 5.74) is 0. The third-order valence-electron chi connectivity index (χ3n) is 2.54. The average molecular weight is 237 g/mol. The van der Waals surface area contributed by atoms with Gasteiger partial charge in [0.15, 0.2) is 11.5 Å². The zero-order valence-electron chi connectivity index (χ0n) is 10.6. The fourth-order valence-electron chi connectivity index (χ4n) is 1.49. The molecular formula is C13H19NO3. The number of rotatable bonds is 6. The highest BCUT2D eigenvalue weighted by molar-refractivity contribution is 5.75. The number of para-hydroxylation sites is 2. The number of carbonyl (C=O) groups excluding carboxylic acids is 1. The van der Waals surface area contributed by atoms with Crippen molar-refractivity contribution in [3.05, 3.63) is 24.3 Å². The molecule has 4 nitrogen and oxygen atoms in total. The number of hydrogen-bond donors (Lipinski definition) is 0. The molecule has 0 fully saturated rings. The van der Waals surface area contributed by atoms with Crippen molar-refractivity contribution in [1.29, 1.82) is 0 Å². The first kappa shape index (κ1) is 13.5. The van der Waals surface area contributed by atoms with Gasteiger partial charge in [-0.3, -0.25) is 9.69 Å². The van der Waals surface area contributed by atoms with Crippen LogP contribution in [0.15, 0.2) is 24.3 Å². The van der Waals surface area contributed by atoms with Crippen LogP contribution in [-0.4, -0.2) is 37.6 Å². The second-order valence-corrected chi connectivity index (χ2v) is 3.59. The Labute approximate surface area is 102 Å². The minimum absolute atomic E-state index is 0.266. The molecule has 1 aromatic rings. The SMILES string of the molecule is CCN(CC)CC(=O)Oc1ccccc1OC. The van der Waals surface area contributed by atoms with Gasteiger partial charge in [0, 0.05) is 0 Å².